The summed E-state index contributed by atoms with van der Waals surface area (Å²) in [6.45, 7) is 4.38. The zero-order valence-electron chi connectivity index (χ0n) is 20.3. The van der Waals surface area contributed by atoms with Crippen molar-refractivity contribution in [3.8, 4) is 0 Å². The van der Waals surface area contributed by atoms with E-state index in [1.54, 1.807) is 19.5 Å². The number of anilines is 1. The summed E-state index contributed by atoms with van der Waals surface area (Å²) in [5, 5.41) is 6.99. The van der Waals surface area contributed by atoms with Crippen molar-refractivity contribution in [3.63, 3.8) is 0 Å². The van der Waals surface area contributed by atoms with E-state index in [4.69, 9.17) is 14.3 Å². The molecule has 2 aliphatic heterocycles. The fraction of sp³-hybridized carbons (Fsp3) is 0.296. The maximum absolute atomic E-state index is 13.3. The number of benzene rings is 2. The van der Waals surface area contributed by atoms with Gasteiger partial charge in [0.2, 0.25) is 0 Å². The lowest BCUT2D eigenvalue weighted by molar-refractivity contribution is -0.130. The van der Waals surface area contributed by atoms with E-state index in [1.807, 2.05) is 58.4 Å². The number of rotatable bonds is 6. The average Bonchev–Trinajstić information content (AvgIpc) is 3.65. The fourth-order valence-corrected chi connectivity index (χ4v) is 5.54. The first-order valence-corrected chi connectivity index (χ1v) is 13.0. The molecule has 4 atom stereocenters. The standard InChI is InChI=1S/C27H26BrN5O4/c1-15-23(24(18-10-12-36-14-18)31-33(15)20-6-4-19(28)5-7-20)26-32(25(34)16(2)37-26)11-9-17-3-8-21-22(13-17)30-27(35)29-21/h3-8,10,12-16,23,26H,9,11H2,1-2H3,(H2,29,30,35)/t15?,16-,23?,26-/m1/s1. The monoisotopic (exact) mass is 563 g/mol. The zero-order valence-corrected chi connectivity index (χ0v) is 21.9. The number of nitrogens with one attached hydrogen (secondary N) is 2. The van der Waals surface area contributed by atoms with Crippen LogP contribution < -0.4 is 10.7 Å². The molecular weight excluding hydrogens is 538 g/mol. The molecular formula is C27H26BrN5O4. The summed E-state index contributed by atoms with van der Waals surface area (Å²) in [7, 11) is 0. The number of carbonyl (C=O) groups is 1. The number of hydrazone groups is 1. The van der Waals surface area contributed by atoms with Gasteiger partial charge in [-0.3, -0.25) is 9.80 Å². The molecule has 2 aromatic carbocycles. The van der Waals surface area contributed by atoms with Crippen LogP contribution in [0.3, 0.4) is 0 Å². The minimum absolute atomic E-state index is 0.0398. The fourth-order valence-electron chi connectivity index (χ4n) is 5.28. The second kappa shape index (κ2) is 9.35. The van der Waals surface area contributed by atoms with Crippen LogP contribution in [0, 0.1) is 5.92 Å². The molecule has 190 valence electrons. The first kappa shape index (κ1) is 23.7. The molecule has 2 N–H and O–H groups in total. The highest BCUT2D eigenvalue weighted by Gasteiger charge is 2.50. The second-order valence-corrected chi connectivity index (χ2v) is 10.4. The summed E-state index contributed by atoms with van der Waals surface area (Å²) in [4.78, 5) is 32.3. The maximum Gasteiger partial charge on any atom is 0.323 e. The summed E-state index contributed by atoms with van der Waals surface area (Å²) < 4.78 is 12.7. The van der Waals surface area contributed by atoms with Crippen LogP contribution in [-0.4, -0.2) is 51.4 Å². The molecule has 37 heavy (non-hydrogen) atoms. The number of furan rings is 1. The molecule has 4 heterocycles. The predicted molar refractivity (Wildman–Crippen MR) is 143 cm³/mol. The Morgan fingerprint density at radius 2 is 1.81 bits per heavy atom. The Morgan fingerprint density at radius 3 is 2.57 bits per heavy atom. The van der Waals surface area contributed by atoms with Crippen molar-refractivity contribution in [1.29, 1.82) is 0 Å². The quantitative estimate of drug-likeness (QED) is 0.364. The van der Waals surface area contributed by atoms with Crippen molar-refractivity contribution >= 4 is 44.3 Å². The van der Waals surface area contributed by atoms with E-state index >= 15 is 0 Å². The predicted octanol–water partition coefficient (Wildman–Crippen LogP) is 4.26. The third-order valence-corrected chi connectivity index (χ3v) is 7.68. The molecule has 1 fully saturated rings. The van der Waals surface area contributed by atoms with Gasteiger partial charge in [0.25, 0.3) is 5.91 Å². The normalized spacial score (nSPS) is 23.9. The topological polar surface area (TPSA) is 107 Å². The number of halogens is 1. The number of nitrogens with zero attached hydrogens (tertiary/aromatic N) is 3. The van der Waals surface area contributed by atoms with E-state index in [0.717, 1.165) is 38.0 Å². The molecule has 4 aromatic rings. The van der Waals surface area contributed by atoms with Crippen LogP contribution in [0.15, 0.2) is 79.8 Å². The lowest BCUT2D eigenvalue weighted by Crippen LogP contribution is -2.47. The Labute approximate surface area is 221 Å². The molecule has 6 rings (SSSR count). The summed E-state index contributed by atoms with van der Waals surface area (Å²) in [5.74, 6) is -0.236. The summed E-state index contributed by atoms with van der Waals surface area (Å²) in [6.07, 6.45) is 2.90. The first-order chi connectivity index (χ1) is 17.9. The highest BCUT2D eigenvalue weighted by molar-refractivity contribution is 9.10. The van der Waals surface area contributed by atoms with Gasteiger partial charge in [-0.2, -0.15) is 5.10 Å². The number of aromatic nitrogens is 2. The van der Waals surface area contributed by atoms with Gasteiger partial charge in [-0.1, -0.05) is 22.0 Å². The van der Waals surface area contributed by atoms with E-state index in [9.17, 15) is 9.59 Å². The highest BCUT2D eigenvalue weighted by atomic mass is 79.9. The number of hydrogen-bond donors (Lipinski definition) is 2. The molecule has 0 radical (unpaired) electrons. The summed E-state index contributed by atoms with van der Waals surface area (Å²) in [6, 6.07) is 15.6. The third-order valence-electron chi connectivity index (χ3n) is 7.16. The Morgan fingerprint density at radius 1 is 1.03 bits per heavy atom. The van der Waals surface area contributed by atoms with Crippen LogP contribution in [0.25, 0.3) is 11.0 Å². The lowest BCUT2D eigenvalue weighted by atomic mass is 9.90. The van der Waals surface area contributed by atoms with E-state index in [-0.39, 0.29) is 23.6 Å². The van der Waals surface area contributed by atoms with Gasteiger partial charge in [0.1, 0.15) is 12.3 Å². The third kappa shape index (κ3) is 4.30. The number of imidazole rings is 1. The van der Waals surface area contributed by atoms with E-state index in [2.05, 4.69) is 32.8 Å². The van der Waals surface area contributed by atoms with Gasteiger partial charge >= 0.3 is 5.69 Å². The van der Waals surface area contributed by atoms with Crippen LogP contribution in [0.4, 0.5) is 5.69 Å². The second-order valence-electron chi connectivity index (χ2n) is 9.49. The molecule has 0 aliphatic carbocycles. The number of amides is 1. The van der Waals surface area contributed by atoms with Crippen LogP contribution in [0.1, 0.15) is 25.0 Å². The van der Waals surface area contributed by atoms with Crippen molar-refractivity contribution in [2.24, 2.45) is 11.0 Å². The van der Waals surface area contributed by atoms with Crippen LogP contribution >= 0.6 is 15.9 Å². The number of hydrogen-bond acceptors (Lipinski definition) is 6. The van der Waals surface area contributed by atoms with Crippen molar-refractivity contribution in [2.45, 2.75) is 38.6 Å². The molecule has 9 nitrogen and oxygen atoms in total. The lowest BCUT2D eigenvalue weighted by Gasteiger charge is -2.32. The molecule has 2 aliphatic rings. The molecule has 2 aromatic heterocycles. The number of H-pyrrole nitrogens is 2. The number of ether oxygens (including phenoxy) is 1. The van der Waals surface area contributed by atoms with Crippen molar-refractivity contribution in [2.75, 3.05) is 11.6 Å². The van der Waals surface area contributed by atoms with E-state index < -0.39 is 12.3 Å². The molecule has 0 spiro atoms. The van der Waals surface area contributed by atoms with Crippen LogP contribution in [-0.2, 0) is 16.0 Å². The van der Waals surface area contributed by atoms with Crippen molar-refractivity contribution in [3.05, 3.63) is 87.1 Å². The first-order valence-electron chi connectivity index (χ1n) is 12.2. The molecule has 0 bridgehead atoms. The number of fused-ring (bicyclic) bond motifs is 1. The van der Waals surface area contributed by atoms with Crippen LogP contribution in [0.5, 0.6) is 0 Å². The molecule has 10 heteroatoms. The van der Waals surface area contributed by atoms with Gasteiger partial charge in [-0.05, 0) is 68.3 Å². The maximum atomic E-state index is 13.3. The van der Waals surface area contributed by atoms with Gasteiger partial charge in [0.05, 0.1) is 46.9 Å². The molecule has 2 unspecified atom stereocenters. The molecule has 1 saturated heterocycles. The molecule has 0 saturated carbocycles. The summed E-state index contributed by atoms with van der Waals surface area (Å²) in [5.41, 5.74) is 4.95. The van der Waals surface area contributed by atoms with Crippen molar-refractivity contribution in [1.82, 2.24) is 14.9 Å². The Balaban J connectivity index is 1.30. The van der Waals surface area contributed by atoms with Gasteiger partial charge in [-0.15, -0.1) is 0 Å². The SMILES string of the molecule is CC1C([C@H]2O[C@H](C)C(=O)N2CCc2ccc3[nH]c(=O)[nH]c3c2)C(c2ccoc2)=NN1c1ccc(Br)cc1. The van der Waals surface area contributed by atoms with Gasteiger partial charge < -0.3 is 24.0 Å². The number of carbonyl (C=O) groups excluding carboxylic acids is 1. The van der Waals surface area contributed by atoms with Gasteiger partial charge in [0.15, 0.2) is 0 Å². The van der Waals surface area contributed by atoms with Crippen molar-refractivity contribution < 1.29 is 13.9 Å². The smallest absolute Gasteiger partial charge is 0.323 e. The minimum Gasteiger partial charge on any atom is -0.472 e. The average molecular weight is 564 g/mol. The minimum atomic E-state index is -0.548. The largest absolute Gasteiger partial charge is 0.472 e. The summed E-state index contributed by atoms with van der Waals surface area (Å²) >= 11 is 3.50. The zero-order chi connectivity index (χ0) is 25.7. The molecule has 1 amide bonds. The van der Waals surface area contributed by atoms with E-state index in [0.29, 0.717) is 13.0 Å². The Hall–Kier alpha value is -3.63. The number of aromatic amines is 2. The van der Waals surface area contributed by atoms with Gasteiger partial charge in [-0.25, -0.2) is 4.79 Å². The Bertz CT molecular complexity index is 1520. The van der Waals surface area contributed by atoms with Gasteiger partial charge in [0, 0.05) is 16.6 Å². The highest BCUT2D eigenvalue weighted by Crippen LogP contribution is 2.38. The Kier molecular flexibility index (Phi) is 6.00. The van der Waals surface area contributed by atoms with E-state index in [1.165, 1.54) is 0 Å². The van der Waals surface area contributed by atoms with Crippen LogP contribution in [0.2, 0.25) is 0 Å².